The van der Waals surface area contributed by atoms with Crippen molar-refractivity contribution in [1.29, 1.82) is 0 Å². The number of aliphatic carboxylic acids is 1. The van der Waals surface area contributed by atoms with E-state index in [1.165, 1.54) is 0 Å². The summed E-state index contributed by atoms with van der Waals surface area (Å²) < 4.78 is 0. The Balaban J connectivity index is 2.42. The third-order valence-corrected chi connectivity index (χ3v) is 3.14. The fraction of sp³-hybridized carbons (Fsp3) is 0.750. The van der Waals surface area contributed by atoms with Crippen LogP contribution in [0.25, 0.3) is 0 Å². The van der Waals surface area contributed by atoms with Crippen LogP contribution in [0.1, 0.15) is 32.6 Å². The van der Waals surface area contributed by atoms with Gasteiger partial charge in [-0.2, -0.15) is 0 Å². The zero-order valence-electron chi connectivity index (χ0n) is 11.3. The van der Waals surface area contributed by atoms with E-state index in [1.54, 1.807) is 11.9 Å². The Hall–Kier alpha value is -1.79. The topological polar surface area (TPSA) is 98.7 Å². The maximum absolute atomic E-state index is 11.7. The van der Waals surface area contributed by atoms with Crippen LogP contribution in [-0.2, 0) is 9.59 Å². The number of carbonyl (C=O) groups excluding carboxylic acids is 2. The standard InChI is InChI=1S/C12H21N3O4/c1-3-4-9(11(17)18)14-12(19)13-8-5-6-10(16)15(2)7-8/h8-9H,3-7H2,1-2H3,(H,17,18)(H2,13,14,19). The second-order valence-corrected chi connectivity index (χ2v) is 4.81. The van der Waals surface area contributed by atoms with Crippen LogP contribution in [0, 0.1) is 0 Å². The second kappa shape index (κ2) is 6.96. The molecule has 2 atom stereocenters. The molecular formula is C12H21N3O4. The largest absolute Gasteiger partial charge is 0.480 e. The number of carboxylic acid groups (broad SMARTS) is 1. The Morgan fingerprint density at radius 1 is 1.53 bits per heavy atom. The van der Waals surface area contributed by atoms with E-state index in [0.717, 1.165) is 0 Å². The summed E-state index contributed by atoms with van der Waals surface area (Å²) in [5.41, 5.74) is 0. The first-order chi connectivity index (χ1) is 8.93. The molecule has 1 aliphatic rings. The molecule has 7 heteroatoms. The minimum atomic E-state index is -1.03. The molecule has 108 valence electrons. The van der Waals surface area contributed by atoms with Gasteiger partial charge in [0.2, 0.25) is 5.91 Å². The SMILES string of the molecule is CCCC(NC(=O)NC1CCC(=O)N(C)C1)C(=O)O. The Labute approximate surface area is 112 Å². The molecule has 1 aliphatic heterocycles. The molecule has 0 radical (unpaired) electrons. The molecule has 1 saturated heterocycles. The number of rotatable bonds is 5. The van der Waals surface area contributed by atoms with E-state index in [4.69, 9.17) is 5.11 Å². The van der Waals surface area contributed by atoms with E-state index in [9.17, 15) is 14.4 Å². The molecule has 2 unspecified atom stereocenters. The van der Waals surface area contributed by atoms with Gasteiger partial charge in [-0.3, -0.25) is 4.79 Å². The minimum Gasteiger partial charge on any atom is -0.480 e. The Bertz CT molecular complexity index is 359. The average Bonchev–Trinajstić information content (AvgIpc) is 2.33. The van der Waals surface area contributed by atoms with Gasteiger partial charge in [-0.25, -0.2) is 9.59 Å². The van der Waals surface area contributed by atoms with Gasteiger partial charge < -0.3 is 20.6 Å². The number of urea groups is 1. The third-order valence-electron chi connectivity index (χ3n) is 3.14. The first kappa shape index (κ1) is 15.3. The van der Waals surface area contributed by atoms with Crippen molar-refractivity contribution >= 4 is 17.9 Å². The molecule has 0 aromatic carbocycles. The van der Waals surface area contributed by atoms with E-state index < -0.39 is 18.0 Å². The van der Waals surface area contributed by atoms with Crippen LogP contribution in [0.4, 0.5) is 4.79 Å². The van der Waals surface area contributed by atoms with Crippen LogP contribution in [0.2, 0.25) is 0 Å². The summed E-state index contributed by atoms with van der Waals surface area (Å²) >= 11 is 0. The molecule has 7 nitrogen and oxygen atoms in total. The highest BCUT2D eigenvalue weighted by Crippen LogP contribution is 2.09. The number of carboxylic acids is 1. The predicted octanol–water partition coefficient (Wildman–Crippen LogP) is 0.160. The Morgan fingerprint density at radius 3 is 2.74 bits per heavy atom. The van der Waals surface area contributed by atoms with Gasteiger partial charge in [0, 0.05) is 26.1 Å². The summed E-state index contributed by atoms with van der Waals surface area (Å²) in [7, 11) is 1.69. The molecule has 1 heterocycles. The number of piperidine rings is 1. The van der Waals surface area contributed by atoms with Crippen LogP contribution in [-0.4, -0.2) is 53.6 Å². The van der Waals surface area contributed by atoms with Crippen LogP contribution in [0.3, 0.4) is 0 Å². The molecule has 0 bridgehead atoms. The lowest BCUT2D eigenvalue weighted by Gasteiger charge is -2.30. The van der Waals surface area contributed by atoms with Gasteiger partial charge in [-0.15, -0.1) is 0 Å². The third kappa shape index (κ3) is 4.76. The van der Waals surface area contributed by atoms with Gasteiger partial charge in [0.25, 0.3) is 0 Å². The van der Waals surface area contributed by atoms with Crippen molar-refractivity contribution in [2.24, 2.45) is 0 Å². The number of likely N-dealkylation sites (N-methyl/N-ethyl adjacent to an activating group) is 1. The highest BCUT2D eigenvalue weighted by atomic mass is 16.4. The molecule has 0 aromatic rings. The van der Waals surface area contributed by atoms with Crippen molar-refractivity contribution in [1.82, 2.24) is 15.5 Å². The lowest BCUT2D eigenvalue weighted by molar-refractivity contribution is -0.139. The molecule has 0 aromatic heterocycles. The number of carbonyl (C=O) groups is 3. The van der Waals surface area contributed by atoms with E-state index in [2.05, 4.69) is 10.6 Å². The number of hydrogen-bond donors (Lipinski definition) is 3. The maximum Gasteiger partial charge on any atom is 0.326 e. The van der Waals surface area contributed by atoms with Crippen molar-refractivity contribution in [3.8, 4) is 0 Å². The quantitative estimate of drug-likeness (QED) is 0.663. The minimum absolute atomic E-state index is 0.0628. The molecule has 3 amide bonds. The highest BCUT2D eigenvalue weighted by Gasteiger charge is 2.25. The number of nitrogens with one attached hydrogen (secondary N) is 2. The number of likely N-dealkylation sites (tertiary alicyclic amines) is 1. The first-order valence-electron chi connectivity index (χ1n) is 6.47. The fourth-order valence-corrected chi connectivity index (χ4v) is 2.06. The molecule has 1 rings (SSSR count). The smallest absolute Gasteiger partial charge is 0.326 e. The Morgan fingerprint density at radius 2 is 2.21 bits per heavy atom. The van der Waals surface area contributed by atoms with E-state index in [-0.39, 0.29) is 11.9 Å². The van der Waals surface area contributed by atoms with E-state index >= 15 is 0 Å². The van der Waals surface area contributed by atoms with E-state index in [1.807, 2.05) is 6.92 Å². The predicted molar refractivity (Wildman–Crippen MR) is 68.7 cm³/mol. The number of nitrogens with zero attached hydrogens (tertiary/aromatic N) is 1. The number of amides is 3. The molecule has 0 aliphatic carbocycles. The van der Waals surface area contributed by atoms with Crippen molar-refractivity contribution in [2.45, 2.75) is 44.7 Å². The summed E-state index contributed by atoms with van der Waals surface area (Å²) in [6.07, 6.45) is 2.06. The van der Waals surface area contributed by atoms with Gasteiger partial charge in [0.1, 0.15) is 6.04 Å². The zero-order chi connectivity index (χ0) is 14.4. The van der Waals surface area contributed by atoms with Crippen LogP contribution in [0.5, 0.6) is 0 Å². The molecule has 1 fully saturated rings. The van der Waals surface area contributed by atoms with Crippen LogP contribution >= 0.6 is 0 Å². The summed E-state index contributed by atoms with van der Waals surface area (Å²) in [4.78, 5) is 35.5. The molecular weight excluding hydrogens is 250 g/mol. The monoisotopic (exact) mass is 271 g/mol. The normalized spacial score (nSPS) is 20.8. The molecule has 0 saturated carbocycles. The summed E-state index contributed by atoms with van der Waals surface area (Å²) in [5, 5.41) is 14.1. The Kier molecular flexibility index (Phi) is 5.59. The molecule has 0 spiro atoms. The molecule has 3 N–H and O–H groups in total. The maximum atomic E-state index is 11.7. The average molecular weight is 271 g/mol. The number of hydrogen-bond acceptors (Lipinski definition) is 3. The zero-order valence-corrected chi connectivity index (χ0v) is 11.3. The lowest BCUT2D eigenvalue weighted by Crippen LogP contribution is -2.53. The summed E-state index contributed by atoms with van der Waals surface area (Å²) in [5.74, 6) is -0.971. The van der Waals surface area contributed by atoms with Crippen LogP contribution < -0.4 is 10.6 Å². The van der Waals surface area contributed by atoms with Gasteiger partial charge in [-0.05, 0) is 12.8 Å². The van der Waals surface area contributed by atoms with Crippen molar-refractivity contribution in [3.05, 3.63) is 0 Å². The van der Waals surface area contributed by atoms with Gasteiger partial charge in [-0.1, -0.05) is 13.3 Å². The summed E-state index contributed by atoms with van der Waals surface area (Å²) in [6.45, 7) is 2.31. The van der Waals surface area contributed by atoms with E-state index in [0.29, 0.717) is 32.2 Å². The first-order valence-corrected chi connectivity index (χ1v) is 6.47. The second-order valence-electron chi connectivity index (χ2n) is 4.81. The van der Waals surface area contributed by atoms with Crippen molar-refractivity contribution < 1.29 is 19.5 Å². The van der Waals surface area contributed by atoms with Crippen molar-refractivity contribution in [2.75, 3.05) is 13.6 Å². The van der Waals surface area contributed by atoms with Gasteiger partial charge >= 0.3 is 12.0 Å². The van der Waals surface area contributed by atoms with Crippen molar-refractivity contribution in [3.63, 3.8) is 0 Å². The van der Waals surface area contributed by atoms with Crippen LogP contribution in [0.15, 0.2) is 0 Å². The molecule has 19 heavy (non-hydrogen) atoms. The lowest BCUT2D eigenvalue weighted by atomic mass is 10.1. The highest BCUT2D eigenvalue weighted by molar-refractivity contribution is 5.83. The van der Waals surface area contributed by atoms with Gasteiger partial charge in [0.05, 0.1) is 0 Å². The van der Waals surface area contributed by atoms with Gasteiger partial charge in [0.15, 0.2) is 0 Å². The fourth-order valence-electron chi connectivity index (χ4n) is 2.06. The summed E-state index contributed by atoms with van der Waals surface area (Å²) in [6, 6.07) is -1.49.